The fourth-order valence-corrected chi connectivity index (χ4v) is 4.35. The van der Waals surface area contributed by atoms with Gasteiger partial charge in [0.2, 0.25) is 0 Å². The molecule has 0 fully saturated rings. The summed E-state index contributed by atoms with van der Waals surface area (Å²) in [4.78, 5) is 2.88. The van der Waals surface area contributed by atoms with Gasteiger partial charge in [-0.05, 0) is 18.2 Å². The van der Waals surface area contributed by atoms with E-state index in [4.69, 9.17) is 4.55 Å². The number of aromatic nitrogens is 1. The lowest BCUT2D eigenvalue weighted by atomic mass is 10.4. The van der Waals surface area contributed by atoms with Crippen molar-refractivity contribution in [1.29, 1.82) is 0 Å². The maximum Gasteiger partial charge on any atom is 0.304 e. The maximum absolute atomic E-state index is 11.0. The number of pyridine rings is 1. The first-order valence-corrected chi connectivity index (χ1v) is 8.09. The Bertz CT molecular complexity index is 784. The lowest BCUT2D eigenvalue weighted by Gasteiger charge is -1.87. The van der Waals surface area contributed by atoms with Crippen LogP contribution in [0, 0.1) is 0 Å². The predicted molar refractivity (Wildman–Crippen MR) is 70.6 cm³/mol. The average molecular weight is 298 g/mol. The first kappa shape index (κ1) is 11.8. The minimum absolute atomic E-state index is 0.0278. The summed E-state index contributed by atoms with van der Waals surface area (Å²) in [7, 11) is -4.10. The molecule has 3 heterocycles. The summed E-state index contributed by atoms with van der Waals surface area (Å²) in [6.07, 6.45) is 3.88. The molecule has 7 heteroatoms. The van der Waals surface area contributed by atoms with Crippen LogP contribution in [0.2, 0.25) is 0 Å². The van der Waals surface area contributed by atoms with Gasteiger partial charge in [0, 0.05) is 12.1 Å². The van der Waals surface area contributed by atoms with Crippen molar-refractivity contribution in [2.45, 2.75) is 4.21 Å². The molecule has 0 bridgehead atoms. The van der Waals surface area contributed by atoms with Gasteiger partial charge in [-0.25, -0.2) is 0 Å². The SMILES string of the molecule is O=S(=O)(O)c1ccc(-c2c[n+]3ccccc3s2)s1. The zero-order chi connectivity index (χ0) is 12.8. The molecular formula is C11H8NO3S3+. The number of thiophene rings is 1. The molecule has 1 N–H and O–H groups in total. The van der Waals surface area contributed by atoms with Gasteiger partial charge in [-0.3, -0.25) is 4.55 Å². The van der Waals surface area contributed by atoms with Crippen molar-refractivity contribution in [3.63, 3.8) is 0 Å². The third kappa shape index (κ3) is 2.05. The first-order valence-electron chi connectivity index (χ1n) is 5.01. The molecule has 18 heavy (non-hydrogen) atoms. The van der Waals surface area contributed by atoms with Crippen LogP contribution in [0.1, 0.15) is 0 Å². The molecule has 0 aliphatic carbocycles. The summed E-state index contributed by atoms with van der Waals surface area (Å²) < 4.78 is 32.9. The van der Waals surface area contributed by atoms with E-state index < -0.39 is 10.1 Å². The average Bonchev–Trinajstić information content (AvgIpc) is 2.94. The van der Waals surface area contributed by atoms with E-state index in [0.29, 0.717) is 0 Å². The molecule has 0 amide bonds. The van der Waals surface area contributed by atoms with Crippen molar-refractivity contribution < 1.29 is 17.4 Å². The Morgan fingerprint density at radius 3 is 2.56 bits per heavy atom. The van der Waals surface area contributed by atoms with Gasteiger partial charge in [0.15, 0.2) is 12.4 Å². The highest BCUT2D eigenvalue weighted by Crippen LogP contribution is 2.33. The van der Waals surface area contributed by atoms with Crippen LogP contribution in [0.3, 0.4) is 0 Å². The van der Waals surface area contributed by atoms with E-state index in [1.165, 1.54) is 6.07 Å². The van der Waals surface area contributed by atoms with Crippen molar-refractivity contribution in [3.8, 4) is 9.75 Å². The smallest absolute Gasteiger partial charge is 0.281 e. The second-order valence-electron chi connectivity index (χ2n) is 3.64. The predicted octanol–water partition coefficient (Wildman–Crippen LogP) is 2.46. The maximum atomic E-state index is 11.0. The molecule has 0 spiro atoms. The third-order valence-electron chi connectivity index (χ3n) is 2.40. The molecule has 0 saturated carbocycles. The van der Waals surface area contributed by atoms with Crippen LogP contribution in [0.5, 0.6) is 0 Å². The Morgan fingerprint density at radius 1 is 1.06 bits per heavy atom. The minimum atomic E-state index is -4.10. The Morgan fingerprint density at radius 2 is 1.89 bits per heavy atom. The molecule has 0 radical (unpaired) electrons. The normalized spacial score (nSPS) is 12.1. The first-order chi connectivity index (χ1) is 8.54. The molecule has 0 saturated heterocycles. The van der Waals surface area contributed by atoms with Crippen LogP contribution in [0.4, 0.5) is 0 Å². The molecule has 0 aliphatic rings. The fraction of sp³-hybridized carbons (Fsp3) is 0. The van der Waals surface area contributed by atoms with Gasteiger partial charge in [-0.2, -0.15) is 12.8 Å². The van der Waals surface area contributed by atoms with Crippen molar-refractivity contribution in [2.24, 2.45) is 0 Å². The monoisotopic (exact) mass is 298 g/mol. The van der Waals surface area contributed by atoms with Crippen LogP contribution in [0.15, 0.2) is 46.9 Å². The zero-order valence-corrected chi connectivity index (χ0v) is 11.4. The van der Waals surface area contributed by atoms with E-state index in [9.17, 15) is 8.42 Å². The number of thiazole rings is 1. The lowest BCUT2D eigenvalue weighted by molar-refractivity contribution is -0.506. The molecule has 3 aromatic rings. The van der Waals surface area contributed by atoms with Crippen LogP contribution >= 0.6 is 22.7 Å². The highest BCUT2D eigenvalue weighted by Gasteiger charge is 2.17. The standard InChI is InChI=1S/C11H7NO3S3/c13-18(14,15)11-5-4-8(17-11)9-7-12-6-2-1-3-10(12)16-9/h1-7H/p+1. The fourth-order valence-electron chi connectivity index (χ4n) is 1.60. The molecule has 4 nitrogen and oxygen atoms in total. The van der Waals surface area contributed by atoms with E-state index >= 15 is 0 Å². The molecule has 0 atom stereocenters. The van der Waals surface area contributed by atoms with Gasteiger partial charge in [0.1, 0.15) is 9.09 Å². The van der Waals surface area contributed by atoms with Gasteiger partial charge in [-0.15, -0.1) is 11.3 Å². The number of hydrogen-bond acceptors (Lipinski definition) is 4. The Kier molecular flexibility index (Phi) is 2.70. The lowest BCUT2D eigenvalue weighted by Crippen LogP contribution is -2.15. The van der Waals surface area contributed by atoms with Gasteiger partial charge < -0.3 is 0 Å². The Labute approximate surface area is 112 Å². The van der Waals surface area contributed by atoms with Gasteiger partial charge in [-0.1, -0.05) is 11.3 Å². The number of fused-ring (bicyclic) bond motifs is 1. The van der Waals surface area contributed by atoms with E-state index in [-0.39, 0.29) is 4.21 Å². The highest BCUT2D eigenvalue weighted by molar-refractivity contribution is 7.88. The summed E-state index contributed by atoms with van der Waals surface area (Å²) in [6, 6.07) is 9.00. The van der Waals surface area contributed by atoms with Crippen molar-refractivity contribution in [1.82, 2.24) is 0 Å². The molecule has 0 aliphatic heterocycles. The second kappa shape index (κ2) is 4.13. The van der Waals surface area contributed by atoms with Crippen molar-refractivity contribution >= 4 is 37.6 Å². The van der Waals surface area contributed by atoms with Crippen LogP contribution in [-0.2, 0) is 10.1 Å². The molecule has 0 unspecified atom stereocenters. The third-order valence-corrected chi connectivity index (χ3v) is 6.07. The van der Waals surface area contributed by atoms with Gasteiger partial charge in [0.05, 0.1) is 4.88 Å². The van der Waals surface area contributed by atoms with Crippen LogP contribution < -0.4 is 4.40 Å². The number of nitrogens with zero attached hydrogens (tertiary/aromatic N) is 1. The number of rotatable bonds is 2. The van der Waals surface area contributed by atoms with Crippen LogP contribution in [0.25, 0.3) is 14.6 Å². The second-order valence-corrected chi connectivity index (χ2v) is 7.43. The molecule has 3 rings (SSSR count). The summed E-state index contributed by atoms with van der Waals surface area (Å²) in [5, 5.41) is 0. The summed E-state index contributed by atoms with van der Waals surface area (Å²) in [5.41, 5.74) is 0. The zero-order valence-electron chi connectivity index (χ0n) is 8.98. The minimum Gasteiger partial charge on any atom is -0.281 e. The molecule has 0 aromatic carbocycles. The molecule has 92 valence electrons. The Hall–Kier alpha value is -1.28. The van der Waals surface area contributed by atoms with E-state index in [1.807, 2.05) is 35.0 Å². The molecule has 3 aromatic heterocycles. The van der Waals surface area contributed by atoms with E-state index in [2.05, 4.69) is 0 Å². The van der Waals surface area contributed by atoms with Crippen molar-refractivity contribution in [2.75, 3.05) is 0 Å². The quantitative estimate of drug-likeness (QED) is 0.584. The van der Waals surface area contributed by atoms with Crippen LogP contribution in [-0.4, -0.2) is 13.0 Å². The topological polar surface area (TPSA) is 58.5 Å². The van der Waals surface area contributed by atoms with Gasteiger partial charge >= 0.3 is 10.1 Å². The van der Waals surface area contributed by atoms with E-state index in [0.717, 1.165) is 25.9 Å². The highest BCUT2D eigenvalue weighted by atomic mass is 32.3. The summed E-state index contributed by atoms with van der Waals surface area (Å²) in [6.45, 7) is 0. The largest absolute Gasteiger partial charge is 0.304 e. The van der Waals surface area contributed by atoms with Gasteiger partial charge in [0.25, 0.3) is 4.83 Å². The molecular weight excluding hydrogens is 290 g/mol. The van der Waals surface area contributed by atoms with E-state index in [1.54, 1.807) is 17.4 Å². The Balaban J connectivity index is 2.12. The number of hydrogen-bond donors (Lipinski definition) is 1. The summed E-state index contributed by atoms with van der Waals surface area (Å²) in [5.74, 6) is 0. The summed E-state index contributed by atoms with van der Waals surface area (Å²) >= 11 is 2.64. The van der Waals surface area contributed by atoms with Crippen molar-refractivity contribution in [3.05, 3.63) is 42.7 Å².